The highest BCUT2D eigenvalue weighted by Gasteiger charge is 2.13. The van der Waals surface area contributed by atoms with Crippen molar-refractivity contribution in [1.82, 2.24) is 0 Å². The number of rotatable bonds is 6. The quantitative estimate of drug-likeness (QED) is 0.364. The molecule has 0 unspecified atom stereocenters. The fourth-order valence-electron chi connectivity index (χ4n) is 2.57. The van der Waals surface area contributed by atoms with E-state index in [1.54, 1.807) is 36.4 Å². The first-order chi connectivity index (χ1) is 14.5. The van der Waals surface area contributed by atoms with E-state index < -0.39 is 11.7 Å². The van der Waals surface area contributed by atoms with Crippen LogP contribution in [0.4, 0.5) is 14.5 Å². The number of carbonyl (C=O) groups is 1. The van der Waals surface area contributed by atoms with Gasteiger partial charge in [-0.25, -0.2) is 8.78 Å². The van der Waals surface area contributed by atoms with Gasteiger partial charge in [-0.2, -0.15) is 5.26 Å². The summed E-state index contributed by atoms with van der Waals surface area (Å²) in [5.41, 5.74) is 1.03. The summed E-state index contributed by atoms with van der Waals surface area (Å²) < 4.78 is 33.3. The van der Waals surface area contributed by atoms with Crippen molar-refractivity contribution in [1.29, 1.82) is 5.26 Å². The van der Waals surface area contributed by atoms with Crippen molar-refractivity contribution in [3.63, 3.8) is 0 Å². The van der Waals surface area contributed by atoms with Gasteiger partial charge in [-0.3, -0.25) is 4.79 Å². The topological polar surface area (TPSA) is 62.1 Å². The Balaban J connectivity index is 1.83. The van der Waals surface area contributed by atoms with Gasteiger partial charge in [-0.15, -0.1) is 0 Å². The first-order valence-electron chi connectivity index (χ1n) is 8.81. The summed E-state index contributed by atoms with van der Waals surface area (Å²) in [6.45, 7) is -0.0151. The van der Waals surface area contributed by atoms with Crippen molar-refractivity contribution >= 4 is 33.6 Å². The van der Waals surface area contributed by atoms with Gasteiger partial charge in [0.25, 0.3) is 5.91 Å². The molecule has 0 aliphatic heterocycles. The maximum Gasteiger partial charge on any atom is 0.266 e. The van der Waals surface area contributed by atoms with Crippen molar-refractivity contribution < 1.29 is 18.3 Å². The van der Waals surface area contributed by atoms with E-state index in [0.29, 0.717) is 27.0 Å². The van der Waals surface area contributed by atoms with Crippen LogP contribution in [-0.4, -0.2) is 5.91 Å². The number of nitrogens with zero attached hydrogens (tertiary/aromatic N) is 1. The van der Waals surface area contributed by atoms with Crippen molar-refractivity contribution in [2.75, 3.05) is 5.32 Å². The maximum absolute atomic E-state index is 13.8. The van der Waals surface area contributed by atoms with Gasteiger partial charge in [0, 0.05) is 21.3 Å². The minimum Gasteiger partial charge on any atom is -0.488 e. The number of benzene rings is 3. The van der Waals surface area contributed by atoms with Crippen LogP contribution < -0.4 is 10.1 Å². The Bertz CT molecular complexity index is 1140. The van der Waals surface area contributed by atoms with Gasteiger partial charge in [0.1, 0.15) is 35.6 Å². The number of hydrogen-bond donors (Lipinski definition) is 1. The lowest BCUT2D eigenvalue weighted by molar-refractivity contribution is -0.112. The van der Waals surface area contributed by atoms with Crippen molar-refractivity contribution in [3.05, 3.63) is 99.5 Å². The summed E-state index contributed by atoms with van der Waals surface area (Å²) in [6, 6.07) is 18.4. The SMILES string of the molecule is N#C/C(=C\c1cc(Br)ccc1OCc1ccccc1F)C(=O)Nc1ccc(F)cc1. The average molecular weight is 469 g/mol. The molecule has 3 aromatic carbocycles. The molecule has 0 heterocycles. The van der Waals surface area contributed by atoms with Gasteiger partial charge in [-0.05, 0) is 54.6 Å². The standard InChI is InChI=1S/C23H15BrF2N2O2/c24-18-5-10-22(30-14-15-3-1-2-4-21(15)26)16(12-18)11-17(13-27)23(29)28-20-8-6-19(25)7-9-20/h1-12H,14H2,(H,28,29)/b17-11+. The number of amides is 1. The summed E-state index contributed by atoms with van der Waals surface area (Å²) in [4.78, 5) is 12.5. The molecule has 0 saturated carbocycles. The monoisotopic (exact) mass is 468 g/mol. The third-order valence-corrected chi connectivity index (χ3v) is 4.57. The number of ether oxygens (including phenoxy) is 1. The van der Waals surface area contributed by atoms with Gasteiger partial charge in [0.15, 0.2) is 0 Å². The predicted molar refractivity (Wildman–Crippen MR) is 113 cm³/mol. The van der Waals surface area contributed by atoms with Crippen molar-refractivity contribution in [3.8, 4) is 11.8 Å². The van der Waals surface area contributed by atoms with Gasteiger partial charge in [-0.1, -0.05) is 34.1 Å². The molecule has 0 bridgehead atoms. The highest BCUT2D eigenvalue weighted by atomic mass is 79.9. The van der Waals surface area contributed by atoms with Crippen LogP contribution in [0.5, 0.6) is 5.75 Å². The van der Waals surface area contributed by atoms with Crippen LogP contribution >= 0.6 is 15.9 Å². The van der Waals surface area contributed by atoms with E-state index >= 15 is 0 Å². The Morgan fingerprint density at radius 1 is 1.10 bits per heavy atom. The van der Waals surface area contributed by atoms with Gasteiger partial charge < -0.3 is 10.1 Å². The number of nitrogens with one attached hydrogen (secondary N) is 1. The molecule has 0 saturated heterocycles. The second kappa shape index (κ2) is 9.81. The van der Waals surface area contributed by atoms with Gasteiger partial charge in [0.2, 0.25) is 0 Å². The molecule has 0 atom stereocenters. The smallest absolute Gasteiger partial charge is 0.266 e. The molecule has 30 heavy (non-hydrogen) atoms. The Labute approximate surface area is 180 Å². The zero-order valence-electron chi connectivity index (χ0n) is 15.5. The first kappa shape index (κ1) is 21.2. The zero-order valence-corrected chi connectivity index (χ0v) is 17.1. The highest BCUT2D eigenvalue weighted by Crippen LogP contribution is 2.27. The van der Waals surface area contributed by atoms with E-state index in [9.17, 15) is 18.8 Å². The molecular weight excluding hydrogens is 454 g/mol. The van der Waals surface area contributed by atoms with E-state index in [1.807, 2.05) is 6.07 Å². The van der Waals surface area contributed by atoms with Crippen LogP contribution in [0.1, 0.15) is 11.1 Å². The van der Waals surface area contributed by atoms with Crippen LogP contribution in [0.2, 0.25) is 0 Å². The number of halogens is 3. The van der Waals surface area contributed by atoms with E-state index in [1.165, 1.54) is 36.4 Å². The molecule has 0 aliphatic rings. The third-order valence-electron chi connectivity index (χ3n) is 4.08. The lowest BCUT2D eigenvalue weighted by Crippen LogP contribution is -2.13. The summed E-state index contributed by atoms with van der Waals surface area (Å²) in [5.74, 6) is -1.09. The zero-order chi connectivity index (χ0) is 21.5. The van der Waals surface area contributed by atoms with Crippen LogP contribution in [0.25, 0.3) is 6.08 Å². The average Bonchev–Trinajstić information content (AvgIpc) is 2.74. The molecule has 3 rings (SSSR count). The molecule has 0 aromatic heterocycles. The second-order valence-corrected chi connectivity index (χ2v) is 7.11. The van der Waals surface area contributed by atoms with Gasteiger partial charge in [0.05, 0.1) is 0 Å². The molecule has 150 valence electrons. The summed E-state index contributed by atoms with van der Waals surface area (Å²) >= 11 is 3.35. The first-order valence-corrected chi connectivity index (χ1v) is 9.60. The normalized spacial score (nSPS) is 10.9. The van der Waals surface area contributed by atoms with Crippen LogP contribution in [0, 0.1) is 23.0 Å². The Hall–Kier alpha value is -3.50. The molecule has 4 nitrogen and oxygen atoms in total. The van der Waals surface area contributed by atoms with Crippen molar-refractivity contribution in [2.24, 2.45) is 0 Å². The molecule has 0 fully saturated rings. The van der Waals surface area contributed by atoms with E-state index in [-0.39, 0.29) is 18.0 Å². The van der Waals surface area contributed by atoms with E-state index in [0.717, 1.165) is 0 Å². The van der Waals surface area contributed by atoms with Gasteiger partial charge >= 0.3 is 0 Å². The van der Waals surface area contributed by atoms with Crippen LogP contribution in [0.3, 0.4) is 0 Å². The Morgan fingerprint density at radius 3 is 2.53 bits per heavy atom. The van der Waals surface area contributed by atoms with Crippen LogP contribution in [-0.2, 0) is 11.4 Å². The van der Waals surface area contributed by atoms with E-state index in [4.69, 9.17) is 4.74 Å². The summed E-state index contributed by atoms with van der Waals surface area (Å²) in [6.07, 6.45) is 1.38. The van der Waals surface area contributed by atoms with E-state index in [2.05, 4.69) is 21.2 Å². The predicted octanol–water partition coefficient (Wildman–Crippen LogP) is 5.85. The highest BCUT2D eigenvalue weighted by molar-refractivity contribution is 9.10. The second-order valence-electron chi connectivity index (χ2n) is 6.19. The molecule has 3 aromatic rings. The Kier molecular flexibility index (Phi) is 6.94. The minimum atomic E-state index is -0.649. The third kappa shape index (κ3) is 5.52. The largest absolute Gasteiger partial charge is 0.488 e. The van der Waals surface area contributed by atoms with Crippen molar-refractivity contribution in [2.45, 2.75) is 6.61 Å². The number of anilines is 1. The lowest BCUT2D eigenvalue weighted by atomic mass is 10.1. The molecule has 0 spiro atoms. The Morgan fingerprint density at radius 2 is 1.83 bits per heavy atom. The minimum absolute atomic E-state index is 0.0151. The fraction of sp³-hybridized carbons (Fsp3) is 0.0435. The summed E-state index contributed by atoms with van der Waals surface area (Å²) in [7, 11) is 0. The number of nitriles is 1. The molecule has 1 amide bonds. The molecule has 0 radical (unpaired) electrons. The molecule has 1 N–H and O–H groups in total. The number of carbonyl (C=O) groups excluding carboxylic acids is 1. The summed E-state index contributed by atoms with van der Waals surface area (Å²) in [5, 5.41) is 12.0. The molecular formula is C23H15BrF2N2O2. The molecule has 7 heteroatoms. The molecule has 0 aliphatic carbocycles. The fourth-order valence-corrected chi connectivity index (χ4v) is 2.95. The maximum atomic E-state index is 13.8. The van der Waals surface area contributed by atoms with Crippen LogP contribution in [0.15, 0.2) is 76.8 Å². The lowest BCUT2D eigenvalue weighted by Gasteiger charge is -2.11. The number of hydrogen-bond acceptors (Lipinski definition) is 3.